The second kappa shape index (κ2) is 5.27. The minimum absolute atomic E-state index is 0.0341. The Morgan fingerprint density at radius 3 is 2.10 bits per heavy atom. The van der Waals surface area contributed by atoms with Crippen LogP contribution in [0.15, 0.2) is 24.3 Å². The molecule has 4 nitrogen and oxygen atoms in total. The van der Waals surface area contributed by atoms with Gasteiger partial charge in [-0.1, -0.05) is 24.3 Å². The van der Waals surface area contributed by atoms with Crippen molar-refractivity contribution in [2.24, 2.45) is 17.6 Å². The van der Waals surface area contributed by atoms with Crippen LogP contribution in [0.2, 0.25) is 0 Å². The highest BCUT2D eigenvalue weighted by Gasteiger charge is 2.32. The van der Waals surface area contributed by atoms with E-state index < -0.39 is 0 Å². The van der Waals surface area contributed by atoms with E-state index in [1.165, 1.54) is 11.1 Å². The number of hydrogen-bond acceptors (Lipinski definition) is 2. The predicted octanol–water partition coefficient (Wildman–Crippen LogP) is 1.82. The summed E-state index contributed by atoms with van der Waals surface area (Å²) in [7, 11) is 0. The van der Waals surface area contributed by atoms with Gasteiger partial charge in [0.15, 0.2) is 0 Å². The second-order valence-electron chi connectivity index (χ2n) is 5.97. The Morgan fingerprint density at radius 2 is 1.55 bits per heavy atom. The number of nitrogens with zero attached hydrogens (tertiary/aromatic N) is 1. The maximum absolute atomic E-state index is 12.6. The van der Waals surface area contributed by atoms with Crippen molar-refractivity contribution in [1.29, 1.82) is 0 Å². The summed E-state index contributed by atoms with van der Waals surface area (Å²) in [5.41, 5.74) is 7.74. The Hall–Kier alpha value is -1.84. The van der Waals surface area contributed by atoms with Crippen molar-refractivity contribution in [2.45, 2.75) is 38.8 Å². The first-order valence-electron chi connectivity index (χ1n) is 7.29. The fourth-order valence-corrected chi connectivity index (χ4v) is 3.36. The number of amides is 2. The van der Waals surface area contributed by atoms with Gasteiger partial charge in [-0.2, -0.15) is 0 Å². The molecule has 2 aliphatic rings. The summed E-state index contributed by atoms with van der Waals surface area (Å²) in [5.74, 6) is 0.0475. The summed E-state index contributed by atoms with van der Waals surface area (Å²) in [5, 5.41) is 0. The van der Waals surface area contributed by atoms with Crippen LogP contribution >= 0.6 is 0 Å². The second-order valence-corrected chi connectivity index (χ2v) is 5.97. The van der Waals surface area contributed by atoms with Gasteiger partial charge in [-0.05, 0) is 36.8 Å². The number of primary amides is 1. The highest BCUT2D eigenvalue weighted by molar-refractivity contribution is 5.80. The van der Waals surface area contributed by atoms with Gasteiger partial charge in [0.25, 0.3) is 0 Å². The lowest BCUT2D eigenvalue weighted by Gasteiger charge is -2.33. The molecule has 1 aliphatic carbocycles. The largest absolute Gasteiger partial charge is 0.369 e. The maximum atomic E-state index is 12.6. The lowest BCUT2D eigenvalue weighted by Crippen LogP contribution is -2.39. The predicted molar refractivity (Wildman–Crippen MR) is 75.3 cm³/mol. The number of hydrogen-bond donors (Lipinski definition) is 1. The van der Waals surface area contributed by atoms with Gasteiger partial charge in [-0.15, -0.1) is 0 Å². The van der Waals surface area contributed by atoms with Crippen LogP contribution in [-0.4, -0.2) is 16.7 Å². The third-order valence-electron chi connectivity index (χ3n) is 4.53. The summed E-state index contributed by atoms with van der Waals surface area (Å²) in [6.07, 6.45) is 3.09. The van der Waals surface area contributed by atoms with Gasteiger partial charge in [0.2, 0.25) is 11.8 Å². The van der Waals surface area contributed by atoms with Crippen molar-refractivity contribution in [2.75, 3.05) is 0 Å². The highest BCUT2D eigenvalue weighted by Crippen LogP contribution is 2.31. The molecule has 1 saturated carbocycles. The lowest BCUT2D eigenvalue weighted by atomic mass is 9.81. The van der Waals surface area contributed by atoms with E-state index >= 15 is 0 Å². The maximum Gasteiger partial charge on any atom is 0.226 e. The van der Waals surface area contributed by atoms with E-state index in [4.69, 9.17) is 5.73 Å². The Balaban J connectivity index is 1.62. The van der Waals surface area contributed by atoms with Crippen molar-refractivity contribution >= 4 is 11.8 Å². The number of nitrogens with two attached hydrogens (primary N) is 1. The zero-order chi connectivity index (χ0) is 14.1. The molecule has 0 atom stereocenters. The number of carbonyl (C=O) groups is 2. The smallest absolute Gasteiger partial charge is 0.226 e. The molecule has 0 saturated heterocycles. The number of rotatable bonds is 2. The van der Waals surface area contributed by atoms with E-state index in [9.17, 15) is 9.59 Å². The average molecular weight is 272 g/mol. The molecule has 2 bridgehead atoms. The summed E-state index contributed by atoms with van der Waals surface area (Å²) in [6.45, 7) is 1.42. The summed E-state index contributed by atoms with van der Waals surface area (Å²) >= 11 is 0. The van der Waals surface area contributed by atoms with Crippen molar-refractivity contribution in [3.8, 4) is 0 Å². The zero-order valence-corrected chi connectivity index (χ0v) is 11.5. The summed E-state index contributed by atoms with van der Waals surface area (Å²) < 4.78 is 0. The van der Waals surface area contributed by atoms with E-state index in [0.717, 1.165) is 25.7 Å². The molecule has 20 heavy (non-hydrogen) atoms. The number of benzene rings is 1. The molecule has 1 aliphatic heterocycles. The van der Waals surface area contributed by atoms with E-state index in [2.05, 4.69) is 18.2 Å². The quantitative estimate of drug-likeness (QED) is 0.892. The molecule has 0 radical (unpaired) electrons. The Bertz CT molecular complexity index is 512. The van der Waals surface area contributed by atoms with Crippen molar-refractivity contribution in [3.05, 3.63) is 35.4 Å². The van der Waals surface area contributed by atoms with Gasteiger partial charge in [-0.25, -0.2) is 0 Å². The SMILES string of the molecule is NC(=O)C1CCC(C(=O)N2Cc3cccc(c3)C2)CC1. The molecule has 2 N–H and O–H groups in total. The summed E-state index contributed by atoms with van der Waals surface area (Å²) in [6, 6.07) is 8.33. The third-order valence-corrected chi connectivity index (χ3v) is 4.53. The zero-order valence-electron chi connectivity index (χ0n) is 11.5. The topological polar surface area (TPSA) is 63.4 Å². The van der Waals surface area contributed by atoms with E-state index in [-0.39, 0.29) is 23.7 Å². The van der Waals surface area contributed by atoms with E-state index in [1.54, 1.807) is 0 Å². The minimum atomic E-state index is -0.219. The van der Waals surface area contributed by atoms with Crippen LogP contribution in [0, 0.1) is 11.8 Å². The van der Waals surface area contributed by atoms with E-state index in [1.807, 2.05) is 11.0 Å². The van der Waals surface area contributed by atoms with Gasteiger partial charge >= 0.3 is 0 Å². The molecule has 1 aromatic carbocycles. The molecular formula is C16H20N2O2. The van der Waals surface area contributed by atoms with Gasteiger partial charge < -0.3 is 10.6 Å². The Morgan fingerprint density at radius 1 is 1.00 bits per heavy atom. The molecule has 0 unspecified atom stereocenters. The van der Waals surface area contributed by atoms with E-state index in [0.29, 0.717) is 13.1 Å². The minimum Gasteiger partial charge on any atom is -0.369 e. The van der Waals surface area contributed by atoms with Crippen LogP contribution in [0.1, 0.15) is 36.8 Å². The molecule has 1 heterocycles. The van der Waals surface area contributed by atoms with Gasteiger partial charge in [0.05, 0.1) is 0 Å². The first kappa shape index (κ1) is 13.2. The van der Waals surface area contributed by atoms with Crippen LogP contribution < -0.4 is 5.73 Å². The van der Waals surface area contributed by atoms with Gasteiger partial charge in [0, 0.05) is 24.9 Å². The molecule has 106 valence electrons. The van der Waals surface area contributed by atoms with Crippen molar-refractivity contribution < 1.29 is 9.59 Å². The van der Waals surface area contributed by atoms with Crippen molar-refractivity contribution in [3.63, 3.8) is 0 Å². The van der Waals surface area contributed by atoms with Crippen LogP contribution in [0.3, 0.4) is 0 Å². The molecule has 1 aromatic rings. The number of fused-ring (bicyclic) bond motifs is 2. The molecule has 1 fully saturated rings. The van der Waals surface area contributed by atoms with Gasteiger partial charge in [0.1, 0.15) is 0 Å². The van der Waals surface area contributed by atoms with Crippen LogP contribution in [-0.2, 0) is 22.7 Å². The van der Waals surface area contributed by atoms with Crippen molar-refractivity contribution in [1.82, 2.24) is 4.90 Å². The highest BCUT2D eigenvalue weighted by atomic mass is 16.2. The Labute approximate surface area is 118 Å². The molecule has 2 amide bonds. The standard InChI is InChI=1S/C16H20N2O2/c17-15(19)13-4-6-14(7-5-13)16(20)18-9-11-2-1-3-12(8-11)10-18/h1-3,8,13-14H,4-7,9-10H2,(H2,17,19). The molecule has 0 aromatic heterocycles. The third kappa shape index (κ3) is 2.55. The van der Waals surface area contributed by atoms with Gasteiger partial charge in [-0.3, -0.25) is 9.59 Å². The monoisotopic (exact) mass is 272 g/mol. The first-order chi connectivity index (χ1) is 9.63. The van der Waals surface area contributed by atoms with Crippen LogP contribution in [0.4, 0.5) is 0 Å². The molecular weight excluding hydrogens is 252 g/mol. The fourth-order valence-electron chi connectivity index (χ4n) is 3.36. The average Bonchev–Trinajstić information content (AvgIpc) is 2.46. The summed E-state index contributed by atoms with van der Waals surface area (Å²) in [4.78, 5) is 25.7. The fraction of sp³-hybridized carbons (Fsp3) is 0.500. The Kier molecular flexibility index (Phi) is 3.47. The normalized spacial score (nSPS) is 25.3. The molecule has 4 heteroatoms. The van der Waals surface area contributed by atoms with Crippen LogP contribution in [0.5, 0.6) is 0 Å². The lowest BCUT2D eigenvalue weighted by molar-refractivity contribution is -0.139. The number of carbonyl (C=O) groups excluding carboxylic acids is 2. The first-order valence-corrected chi connectivity index (χ1v) is 7.29. The molecule has 3 rings (SSSR count). The van der Waals surface area contributed by atoms with Crippen LogP contribution in [0.25, 0.3) is 0 Å². The molecule has 0 spiro atoms.